The summed E-state index contributed by atoms with van der Waals surface area (Å²) in [6.45, 7) is 4.02. The van der Waals surface area contributed by atoms with Gasteiger partial charge in [-0.25, -0.2) is 0 Å². The molecule has 5 nitrogen and oxygen atoms in total. The van der Waals surface area contributed by atoms with Crippen LogP contribution in [0.15, 0.2) is 48.5 Å². The van der Waals surface area contributed by atoms with E-state index in [0.717, 1.165) is 19.3 Å². The number of anilines is 1. The van der Waals surface area contributed by atoms with Gasteiger partial charge in [0.25, 0.3) is 11.8 Å². The maximum absolute atomic E-state index is 12.7. The molecule has 2 amide bonds. The Hall–Kier alpha value is -2.53. The largest absolute Gasteiger partial charge is 0.483 e. The zero-order chi connectivity index (χ0) is 20.1. The Morgan fingerprint density at radius 3 is 2.46 bits per heavy atom. The van der Waals surface area contributed by atoms with Crippen molar-refractivity contribution in [3.8, 4) is 5.75 Å². The zero-order valence-electron chi connectivity index (χ0n) is 16.2. The van der Waals surface area contributed by atoms with Gasteiger partial charge in [-0.2, -0.15) is 0 Å². The number of carbonyl (C=O) groups is 2. The molecule has 0 radical (unpaired) electrons. The number of amides is 2. The maximum Gasteiger partial charge on any atom is 0.260 e. The van der Waals surface area contributed by atoms with Crippen molar-refractivity contribution in [1.82, 2.24) is 4.90 Å². The lowest BCUT2D eigenvalue weighted by molar-refractivity contribution is -0.139. The van der Waals surface area contributed by atoms with E-state index in [2.05, 4.69) is 19.2 Å². The van der Waals surface area contributed by atoms with Crippen molar-refractivity contribution in [1.29, 1.82) is 0 Å². The number of halogens is 1. The van der Waals surface area contributed by atoms with Gasteiger partial charge < -0.3 is 15.0 Å². The highest BCUT2D eigenvalue weighted by molar-refractivity contribution is 6.31. The van der Waals surface area contributed by atoms with Crippen molar-refractivity contribution >= 4 is 29.1 Å². The molecule has 2 aromatic carbocycles. The molecule has 3 rings (SSSR count). The molecule has 1 N–H and O–H groups in total. The number of nitrogens with one attached hydrogen (secondary N) is 1. The second-order valence-corrected chi connectivity index (χ2v) is 7.62. The minimum Gasteiger partial charge on any atom is -0.483 e. The fraction of sp³-hybridized carbons (Fsp3) is 0.364. The number of hydrogen-bond donors (Lipinski definition) is 1. The Balaban J connectivity index is 1.72. The van der Waals surface area contributed by atoms with E-state index in [0.29, 0.717) is 22.0 Å². The lowest BCUT2D eigenvalue weighted by Gasteiger charge is -2.39. The summed E-state index contributed by atoms with van der Waals surface area (Å²) >= 11 is 6.08. The van der Waals surface area contributed by atoms with Gasteiger partial charge in [0.1, 0.15) is 5.75 Å². The molecule has 28 heavy (non-hydrogen) atoms. The first-order valence-corrected chi connectivity index (χ1v) is 9.93. The molecular formula is C22H25ClN2O3. The number of para-hydroxylation sites is 1. The summed E-state index contributed by atoms with van der Waals surface area (Å²) in [7, 11) is 0. The molecule has 6 heteroatoms. The average Bonchev–Trinajstić information content (AvgIpc) is 2.67. The van der Waals surface area contributed by atoms with Gasteiger partial charge in [0.2, 0.25) is 0 Å². The van der Waals surface area contributed by atoms with E-state index in [9.17, 15) is 9.59 Å². The average molecular weight is 401 g/mol. The van der Waals surface area contributed by atoms with Gasteiger partial charge in [-0.05, 0) is 63.4 Å². The number of rotatable bonds is 5. The summed E-state index contributed by atoms with van der Waals surface area (Å²) in [4.78, 5) is 27.3. The summed E-state index contributed by atoms with van der Waals surface area (Å²) in [5, 5.41) is 3.24. The minimum absolute atomic E-state index is 0.0657. The summed E-state index contributed by atoms with van der Waals surface area (Å²) in [5.41, 5.74) is 0.967. The van der Waals surface area contributed by atoms with Crippen LogP contribution in [-0.2, 0) is 4.79 Å². The molecule has 1 saturated heterocycles. The molecule has 148 valence electrons. The molecule has 0 bridgehead atoms. The van der Waals surface area contributed by atoms with Gasteiger partial charge in [-0.15, -0.1) is 0 Å². The van der Waals surface area contributed by atoms with Gasteiger partial charge in [-0.3, -0.25) is 9.59 Å². The van der Waals surface area contributed by atoms with Crippen molar-refractivity contribution in [2.24, 2.45) is 0 Å². The van der Waals surface area contributed by atoms with E-state index in [1.54, 1.807) is 30.3 Å². The summed E-state index contributed by atoms with van der Waals surface area (Å²) in [6, 6.07) is 14.4. The Morgan fingerprint density at radius 1 is 1.11 bits per heavy atom. The van der Waals surface area contributed by atoms with Gasteiger partial charge >= 0.3 is 0 Å². The smallest absolute Gasteiger partial charge is 0.260 e. The van der Waals surface area contributed by atoms with Gasteiger partial charge in [0.15, 0.2) is 6.61 Å². The van der Waals surface area contributed by atoms with Crippen molar-refractivity contribution in [2.75, 3.05) is 11.9 Å². The highest BCUT2D eigenvalue weighted by Crippen LogP contribution is 2.26. The molecule has 0 aliphatic carbocycles. The van der Waals surface area contributed by atoms with Crippen LogP contribution >= 0.6 is 11.6 Å². The SMILES string of the molecule is C[C@@H]1CCC[C@H](C)N1C(=O)COc1ccc(Cl)cc1C(=O)Nc1ccccc1. The Kier molecular flexibility index (Phi) is 6.57. The quantitative estimate of drug-likeness (QED) is 0.787. The number of nitrogens with zero attached hydrogens (tertiary/aromatic N) is 1. The molecular weight excluding hydrogens is 376 g/mol. The predicted molar refractivity (Wildman–Crippen MR) is 111 cm³/mol. The second-order valence-electron chi connectivity index (χ2n) is 7.18. The van der Waals surface area contributed by atoms with E-state index < -0.39 is 0 Å². The molecule has 0 spiro atoms. The number of hydrogen-bond acceptors (Lipinski definition) is 3. The molecule has 2 aromatic rings. The standard InChI is InChI=1S/C22H25ClN2O3/c1-15-7-6-8-16(2)25(15)21(26)14-28-20-12-11-17(23)13-19(20)22(27)24-18-9-4-3-5-10-18/h3-5,9-13,15-16H,6-8,14H2,1-2H3,(H,24,27)/t15-,16+. The Morgan fingerprint density at radius 2 is 1.79 bits per heavy atom. The summed E-state index contributed by atoms with van der Waals surface area (Å²) < 4.78 is 5.75. The normalized spacial score (nSPS) is 19.2. The van der Waals surface area contributed by atoms with Crippen LogP contribution in [0.1, 0.15) is 43.5 Å². The van der Waals surface area contributed by atoms with Crippen LogP contribution < -0.4 is 10.1 Å². The Bertz CT molecular complexity index is 831. The Labute approximate surface area is 170 Å². The fourth-order valence-electron chi connectivity index (χ4n) is 3.65. The van der Waals surface area contributed by atoms with Crippen LogP contribution in [0.25, 0.3) is 0 Å². The van der Waals surface area contributed by atoms with Crippen molar-refractivity contribution < 1.29 is 14.3 Å². The molecule has 1 fully saturated rings. The maximum atomic E-state index is 12.7. The summed E-state index contributed by atoms with van der Waals surface area (Å²) in [6.07, 6.45) is 3.14. The van der Waals surface area contributed by atoms with Crippen LogP contribution in [0.5, 0.6) is 5.75 Å². The number of piperidine rings is 1. The van der Waals surface area contributed by atoms with Crippen LogP contribution in [-0.4, -0.2) is 35.4 Å². The number of likely N-dealkylation sites (tertiary alicyclic amines) is 1. The van der Waals surface area contributed by atoms with Crippen molar-refractivity contribution in [2.45, 2.75) is 45.2 Å². The van der Waals surface area contributed by atoms with Crippen LogP contribution in [0.4, 0.5) is 5.69 Å². The third-order valence-corrected chi connectivity index (χ3v) is 5.29. The topological polar surface area (TPSA) is 58.6 Å². The van der Waals surface area contributed by atoms with Crippen LogP contribution in [0.2, 0.25) is 5.02 Å². The molecule has 0 saturated carbocycles. The zero-order valence-corrected chi connectivity index (χ0v) is 16.9. The minimum atomic E-state index is -0.337. The first-order valence-electron chi connectivity index (χ1n) is 9.55. The van der Waals surface area contributed by atoms with Crippen LogP contribution in [0.3, 0.4) is 0 Å². The van der Waals surface area contributed by atoms with Gasteiger partial charge in [0, 0.05) is 22.8 Å². The molecule has 1 heterocycles. The molecule has 0 unspecified atom stereocenters. The van der Waals surface area contributed by atoms with E-state index in [4.69, 9.17) is 16.3 Å². The number of carbonyl (C=O) groups excluding carboxylic acids is 2. The molecule has 1 aliphatic heterocycles. The van der Waals surface area contributed by atoms with E-state index in [1.807, 2.05) is 23.1 Å². The van der Waals surface area contributed by atoms with Crippen LogP contribution in [0, 0.1) is 0 Å². The lowest BCUT2D eigenvalue weighted by atomic mass is 9.97. The highest BCUT2D eigenvalue weighted by Gasteiger charge is 2.29. The van der Waals surface area contributed by atoms with Crippen molar-refractivity contribution in [3.63, 3.8) is 0 Å². The predicted octanol–water partition coefficient (Wildman–Crippen LogP) is 4.76. The van der Waals surface area contributed by atoms with E-state index in [1.165, 1.54) is 0 Å². The third-order valence-electron chi connectivity index (χ3n) is 5.05. The first kappa shape index (κ1) is 20.2. The number of benzene rings is 2. The monoisotopic (exact) mass is 400 g/mol. The molecule has 1 aliphatic rings. The highest BCUT2D eigenvalue weighted by atomic mass is 35.5. The van der Waals surface area contributed by atoms with Gasteiger partial charge in [-0.1, -0.05) is 29.8 Å². The lowest BCUT2D eigenvalue weighted by Crippen LogP contribution is -2.49. The first-order chi connectivity index (χ1) is 13.5. The number of ether oxygens (including phenoxy) is 1. The fourth-order valence-corrected chi connectivity index (χ4v) is 3.82. The van der Waals surface area contributed by atoms with E-state index in [-0.39, 0.29) is 30.5 Å². The third kappa shape index (κ3) is 4.84. The molecule has 0 aromatic heterocycles. The summed E-state index contributed by atoms with van der Waals surface area (Å²) in [5.74, 6) is -0.0663. The van der Waals surface area contributed by atoms with Crippen molar-refractivity contribution in [3.05, 3.63) is 59.1 Å². The van der Waals surface area contributed by atoms with Gasteiger partial charge in [0.05, 0.1) is 5.56 Å². The second kappa shape index (κ2) is 9.11. The molecule has 2 atom stereocenters. The van der Waals surface area contributed by atoms with E-state index >= 15 is 0 Å².